The van der Waals surface area contributed by atoms with E-state index in [1.165, 1.54) is 0 Å². The van der Waals surface area contributed by atoms with Gasteiger partial charge in [-0.3, -0.25) is 9.39 Å². The van der Waals surface area contributed by atoms with Crippen LogP contribution in [0, 0.1) is 0 Å². The summed E-state index contributed by atoms with van der Waals surface area (Å²) < 4.78 is 13.1. The number of fused-ring (bicyclic) bond motifs is 1. The zero-order chi connectivity index (χ0) is 17.5. The molecule has 0 amide bonds. The summed E-state index contributed by atoms with van der Waals surface area (Å²) >= 11 is 0. The molecule has 8 heteroatoms. The van der Waals surface area contributed by atoms with E-state index in [2.05, 4.69) is 32.7 Å². The van der Waals surface area contributed by atoms with Crippen molar-refractivity contribution in [1.29, 1.82) is 0 Å². The van der Waals surface area contributed by atoms with Gasteiger partial charge in [-0.2, -0.15) is 0 Å². The summed E-state index contributed by atoms with van der Waals surface area (Å²) in [4.78, 5) is 4.26. The maximum absolute atomic E-state index is 5.83. The van der Waals surface area contributed by atoms with Gasteiger partial charge in [0.15, 0.2) is 11.6 Å². The van der Waals surface area contributed by atoms with Crippen LogP contribution in [0.3, 0.4) is 0 Å². The van der Waals surface area contributed by atoms with Crippen LogP contribution in [-0.4, -0.2) is 66.1 Å². The monoisotopic (exact) mass is 346 g/mol. The standard InChI is InChI=1S/C17H26N6O2/c1-13(11-25-14-7-10-24-12-14)20-17(18-2)19-8-6-16-22-21-15-5-3-4-9-23(15)16/h3-5,9,13-14H,6-8,10-12H2,1-2H3,(H2,18,19,20). The molecule has 0 spiro atoms. The number of rotatable bonds is 7. The molecule has 0 radical (unpaired) electrons. The Kier molecular flexibility index (Phi) is 6.19. The Morgan fingerprint density at radius 2 is 2.40 bits per heavy atom. The zero-order valence-corrected chi connectivity index (χ0v) is 14.8. The highest BCUT2D eigenvalue weighted by atomic mass is 16.5. The van der Waals surface area contributed by atoms with Crippen LogP contribution in [0.1, 0.15) is 19.2 Å². The van der Waals surface area contributed by atoms with E-state index in [4.69, 9.17) is 9.47 Å². The maximum Gasteiger partial charge on any atom is 0.191 e. The maximum atomic E-state index is 5.83. The topological polar surface area (TPSA) is 85.1 Å². The number of hydrogen-bond donors (Lipinski definition) is 2. The van der Waals surface area contributed by atoms with Gasteiger partial charge in [0, 0.05) is 38.9 Å². The average molecular weight is 346 g/mol. The molecule has 0 bridgehead atoms. The number of nitrogens with zero attached hydrogens (tertiary/aromatic N) is 4. The molecule has 1 aliphatic heterocycles. The Bertz CT molecular complexity index is 695. The van der Waals surface area contributed by atoms with Crippen molar-refractivity contribution in [3.05, 3.63) is 30.2 Å². The molecule has 0 aliphatic carbocycles. The van der Waals surface area contributed by atoms with Crippen molar-refractivity contribution in [2.45, 2.75) is 31.9 Å². The Balaban J connectivity index is 1.41. The smallest absolute Gasteiger partial charge is 0.191 e. The molecule has 0 saturated carbocycles. The van der Waals surface area contributed by atoms with Crippen LogP contribution in [-0.2, 0) is 15.9 Å². The van der Waals surface area contributed by atoms with Crippen molar-refractivity contribution in [2.75, 3.05) is 33.4 Å². The number of pyridine rings is 1. The summed E-state index contributed by atoms with van der Waals surface area (Å²) in [6.07, 6.45) is 3.94. The summed E-state index contributed by atoms with van der Waals surface area (Å²) in [6, 6.07) is 6.05. The molecular weight excluding hydrogens is 320 g/mol. The van der Waals surface area contributed by atoms with Gasteiger partial charge in [-0.1, -0.05) is 6.07 Å². The summed E-state index contributed by atoms with van der Waals surface area (Å²) in [5.74, 6) is 1.68. The van der Waals surface area contributed by atoms with E-state index in [1.807, 2.05) is 28.8 Å². The Labute approximate surface area is 147 Å². The summed E-state index contributed by atoms with van der Waals surface area (Å²) in [7, 11) is 1.76. The third kappa shape index (κ3) is 4.90. The molecule has 136 valence electrons. The molecule has 2 atom stereocenters. The minimum absolute atomic E-state index is 0.167. The van der Waals surface area contributed by atoms with Gasteiger partial charge in [-0.25, -0.2) is 0 Å². The SMILES string of the molecule is CN=C(NCCc1nnc2ccccn12)NC(C)COC1CCOC1. The second-order valence-corrected chi connectivity index (χ2v) is 6.16. The second-order valence-electron chi connectivity index (χ2n) is 6.16. The van der Waals surface area contributed by atoms with E-state index in [0.717, 1.165) is 43.4 Å². The minimum atomic E-state index is 0.167. The fourth-order valence-electron chi connectivity index (χ4n) is 2.75. The third-order valence-electron chi connectivity index (χ3n) is 4.10. The summed E-state index contributed by atoms with van der Waals surface area (Å²) in [5, 5.41) is 15.0. The summed E-state index contributed by atoms with van der Waals surface area (Å²) in [6.45, 7) is 4.93. The van der Waals surface area contributed by atoms with Crippen molar-refractivity contribution < 1.29 is 9.47 Å². The van der Waals surface area contributed by atoms with Gasteiger partial charge in [0.1, 0.15) is 5.82 Å². The quantitative estimate of drug-likeness (QED) is 0.565. The molecule has 3 heterocycles. The summed E-state index contributed by atoms with van der Waals surface area (Å²) in [5.41, 5.74) is 0.863. The molecule has 2 aromatic heterocycles. The molecule has 25 heavy (non-hydrogen) atoms. The molecular formula is C17H26N6O2. The van der Waals surface area contributed by atoms with Crippen LogP contribution in [0.5, 0.6) is 0 Å². The van der Waals surface area contributed by atoms with Crippen molar-refractivity contribution >= 4 is 11.6 Å². The van der Waals surface area contributed by atoms with Crippen molar-refractivity contribution in [1.82, 2.24) is 25.2 Å². The predicted octanol–water partition coefficient (Wildman–Crippen LogP) is 0.631. The lowest BCUT2D eigenvalue weighted by Gasteiger charge is -2.19. The third-order valence-corrected chi connectivity index (χ3v) is 4.10. The second kappa shape index (κ2) is 8.77. The first-order valence-electron chi connectivity index (χ1n) is 8.71. The van der Waals surface area contributed by atoms with Crippen LogP contribution in [0.25, 0.3) is 5.65 Å². The van der Waals surface area contributed by atoms with Gasteiger partial charge < -0.3 is 20.1 Å². The van der Waals surface area contributed by atoms with Gasteiger partial charge in [0.25, 0.3) is 0 Å². The lowest BCUT2D eigenvalue weighted by atomic mass is 10.3. The van der Waals surface area contributed by atoms with Crippen molar-refractivity contribution in [3.8, 4) is 0 Å². The predicted molar refractivity (Wildman–Crippen MR) is 95.8 cm³/mol. The van der Waals surface area contributed by atoms with Crippen molar-refractivity contribution in [2.24, 2.45) is 4.99 Å². The zero-order valence-electron chi connectivity index (χ0n) is 14.8. The van der Waals surface area contributed by atoms with E-state index < -0.39 is 0 Å². The highest BCUT2D eigenvalue weighted by Crippen LogP contribution is 2.08. The van der Waals surface area contributed by atoms with Gasteiger partial charge in [-0.15, -0.1) is 10.2 Å². The van der Waals surface area contributed by atoms with E-state index >= 15 is 0 Å². The number of aromatic nitrogens is 3. The van der Waals surface area contributed by atoms with Crippen LogP contribution in [0.2, 0.25) is 0 Å². The van der Waals surface area contributed by atoms with Gasteiger partial charge in [0.2, 0.25) is 0 Å². The number of hydrogen-bond acceptors (Lipinski definition) is 5. The Hall–Kier alpha value is -2.19. The molecule has 8 nitrogen and oxygen atoms in total. The first-order chi connectivity index (χ1) is 12.3. The minimum Gasteiger partial charge on any atom is -0.379 e. The normalized spacial score (nSPS) is 19.3. The van der Waals surface area contributed by atoms with Crippen molar-refractivity contribution in [3.63, 3.8) is 0 Å². The Morgan fingerprint density at radius 1 is 1.48 bits per heavy atom. The molecule has 2 N–H and O–H groups in total. The molecule has 2 unspecified atom stereocenters. The first kappa shape index (κ1) is 17.6. The Morgan fingerprint density at radius 3 is 3.20 bits per heavy atom. The molecule has 2 aromatic rings. The molecule has 1 fully saturated rings. The highest BCUT2D eigenvalue weighted by molar-refractivity contribution is 5.79. The number of guanidine groups is 1. The highest BCUT2D eigenvalue weighted by Gasteiger charge is 2.17. The lowest BCUT2D eigenvalue weighted by molar-refractivity contribution is 0.0347. The fourth-order valence-corrected chi connectivity index (χ4v) is 2.75. The van der Waals surface area contributed by atoms with Crippen LogP contribution in [0.15, 0.2) is 29.4 Å². The van der Waals surface area contributed by atoms with Gasteiger partial charge in [0.05, 0.1) is 19.3 Å². The number of ether oxygens (including phenoxy) is 2. The van der Waals surface area contributed by atoms with Gasteiger partial charge in [-0.05, 0) is 25.5 Å². The van der Waals surface area contributed by atoms with Crippen LogP contribution < -0.4 is 10.6 Å². The lowest BCUT2D eigenvalue weighted by Crippen LogP contribution is -2.45. The largest absolute Gasteiger partial charge is 0.379 e. The first-order valence-corrected chi connectivity index (χ1v) is 8.71. The van der Waals surface area contributed by atoms with Crippen LogP contribution in [0.4, 0.5) is 0 Å². The van der Waals surface area contributed by atoms with E-state index in [9.17, 15) is 0 Å². The van der Waals surface area contributed by atoms with E-state index in [0.29, 0.717) is 13.2 Å². The number of aliphatic imine (C=N–C) groups is 1. The average Bonchev–Trinajstić information content (AvgIpc) is 3.29. The van der Waals surface area contributed by atoms with E-state index in [1.54, 1.807) is 7.05 Å². The van der Waals surface area contributed by atoms with E-state index in [-0.39, 0.29) is 12.1 Å². The molecule has 1 aliphatic rings. The fraction of sp³-hybridized carbons (Fsp3) is 0.588. The number of nitrogens with one attached hydrogen (secondary N) is 2. The van der Waals surface area contributed by atoms with Crippen LogP contribution >= 0.6 is 0 Å². The van der Waals surface area contributed by atoms with Gasteiger partial charge >= 0.3 is 0 Å². The molecule has 0 aromatic carbocycles. The molecule has 3 rings (SSSR count). The molecule has 1 saturated heterocycles.